The van der Waals surface area contributed by atoms with Crippen LogP contribution < -0.4 is 0 Å². The van der Waals surface area contributed by atoms with E-state index in [-0.39, 0.29) is 5.91 Å². The molecule has 20 heavy (non-hydrogen) atoms. The summed E-state index contributed by atoms with van der Waals surface area (Å²) in [5.41, 5.74) is 1.87. The summed E-state index contributed by atoms with van der Waals surface area (Å²) >= 11 is 0. The largest absolute Gasteiger partial charge is 0.361 e. The van der Waals surface area contributed by atoms with E-state index in [1.54, 1.807) is 18.5 Å². The second-order valence-corrected chi connectivity index (χ2v) is 4.68. The summed E-state index contributed by atoms with van der Waals surface area (Å²) in [7, 11) is 0. The molecule has 0 radical (unpaired) electrons. The van der Waals surface area contributed by atoms with Crippen LogP contribution in [-0.4, -0.2) is 34.0 Å². The Labute approximate surface area is 118 Å². The van der Waals surface area contributed by atoms with E-state index < -0.39 is 0 Å². The highest BCUT2D eigenvalue weighted by atomic mass is 16.5. The molecule has 2 rings (SSSR count). The molecule has 0 atom stereocenters. The highest BCUT2D eigenvalue weighted by Gasteiger charge is 2.14. The molecule has 0 saturated carbocycles. The first-order valence-corrected chi connectivity index (χ1v) is 6.78. The number of aromatic nitrogens is 2. The zero-order chi connectivity index (χ0) is 14.4. The van der Waals surface area contributed by atoms with E-state index >= 15 is 0 Å². The summed E-state index contributed by atoms with van der Waals surface area (Å²) in [6.45, 7) is 5.21. The molecule has 2 heterocycles. The van der Waals surface area contributed by atoms with Crippen molar-refractivity contribution in [2.75, 3.05) is 13.1 Å². The lowest BCUT2D eigenvalue weighted by molar-refractivity contribution is -0.130. The second kappa shape index (κ2) is 6.84. The van der Waals surface area contributed by atoms with Crippen molar-refractivity contribution in [3.8, 4) is 0 Å². The number of carbonyl (C=O) groups is 1. The van der Waals surface area contributed by atoms with Gasteiger partial charge in [0.25, 0.3) is 0 Å². The smallest absolute Gasteiger partial charge is 0.228 e. The third-order valence-corrected chi connectivity index (χ3v) is 3.16. The van der Waals surface area contributed by atoms with Crippen LogP contribution in [0.2, 0.25) is 0 Å². The maximum atomic E-state index is 12.2. The van der Waals surface area contributed by atoms with Crippen molar-refractivity contribution in [3.63, 3.8) is 0 Å². The van der Waals surface area contributed by atoms with Crippen LogP contribution in [0, 0.1) is 6.92 Å². The second-order valence-electron chi connectivity index (χ2n) is 4.68. The van der Waals surface area contributed by atoms with E-state index in [1.807, 2.05) is 30.9 Å². The number of rotatable bonds is 6. The average Bonchev–Trinajstić information content (AvgIpc) is 2.86. The van der Waals surface area contributed by atoms with Crippen molar-refractivity contribution < 1.29 is 9.32 Å². The molecule has 0 saturated heterocycles. The average molecular weight is 273 g/mol. The van der Waals surface area contributed by atoms with Crippen LogP contribution in [0.15, 0.2) is 35.1 Å². The van der Waals surface area contributed by atoms with E-state index in [0.29, 0.717) is 25.2 Å². The summed E-state index contributed by atoms with van der Waals surface area (Å²) < 4.78 is 4.98. The quantitative estimate of drug-likeness (QED) is 0.808. The van der Waals surface area contributed by atoms with Crippen molar-refractivity contribution in [1.82, 2.24) is 15.0 Å². The Morgan fingerprint density at radius 1 is 1.35 bits per heavy atom. The number of amides is 1. The van der Waals surface area contributed by atoms with Gasteiger partial charge in [-0.15, -0.1) is 0 Å². The first-order valence-electron chi connectivity index (χ1n) is 6.78. The van der Waals surface area contributed by atoms with Crippen molar-refractivity contribution in [2.45, 2.75) is 26.7 Å². The highest BCUT2D eigenvalue weighted by Crippen LogP contribution is 2.06. The summed E-state index contributed by atoms with van der Waals surface area (Å²) in [6, 6.07) is 5.74. The Morgan fingerprint density at radius 3 is 2.70 bits per heavy atom. The van der Waals surface area contributed by atoms with Crippen LogP contribution in [0.5, 0.6) is 0 Å². The Kier molecular flexibility index (Phi) is 4.87. The van der Waals surface area contributed by atoms with Gasteiger partial charge in [-0.05, 0) is 38.0 Å². The lowest BCUT2D eigenvalue weighted by atomic mass is 10.2. The van der Waals surface area contributed by atoms with E-state index in [1.165, 1.54) is 5.56 Å². The fraction of sp³-hybridized carbons (Fsp3) is 0.400. The summed E-state index contributed by atoms with van der Waals surface area (Å²) in [5.74, 6) is 0.808. The maximum absolute atomic E-state index is 12.2. The molecule has 0 aromatic carbocycles. The van der Waals surface area contributed by atoms with Crippen LogP contribution in [0.3, 0.4) is 0 Å². The number of nitrogens with zero attached hydrogens (tertiary/aromatic N) is 3. The highest BCUT2D eigenvalue weighted by molar-refractivity contribution is 5.78. The number of hydrogen-bond acceptors (Lipinski definition) is 4. The van der Waals surface area contributed by atoms with Gasteiger partial charge in [-0.25, -0.2) is 0 Å². The normalized spacial score (nSPS) is 10.5. The number of carbonyl (C=O) groups excluding carboxylic acids is 1. The SMILES string of the molecule is CCN(CCc1ccncc1)C(=O)Cc1cc(C)on1. The third-order valence-electron chi connectivity index (χ3n) is 3.16. The van der Waals surface area contributed by atoms with Gasteiger partial charge in [0.2, 0.25) is 5.91 Å². The molecule has 0 fully saturated rings. The zero-order valence-corrected chi connectivity index (χ0v) is 11.9. The molecular formula is C15H19N3O2. The van der Waals surface area contributed by atoms with Gasteiger partial charge in [-0.2, -0.15) is 0 Å². The van der Waals surface area contributed by atoms with E-state index in [2.05, 4.69) is 10.1 Å². The third kappa shape index (κ3) is 3.91. The molecule has 1 amide bonds. The van der Waals surface area contributed by atoms with Gasteiger partial charge >= 0.3 is 0 Å². The van der Waals surface area contributed by atoms with Gasteiger partial charge in [-0.3, -0.25) is 9.78 Å². The number of likely N-dealkylation sites (N-methyl/N-ethyl adjacent to an activating group) is 1. The molecule has 0 spiro atoms. The molecular weight excluding hydrogens is 254 g/mol. The molecule has 2 aromatic heterocycles. The fourth-order valence-corrected chi connectivity index (χ4v) is 2.04. The Balaban J connectivity index is 1.89. The first-order chi connectivity index (χ1) is 9.69. The maximum Gasteiger partial charge on any atom is 0.228 e. The molecule has 0 aliphatic carbocycles. The Morgan fingerprint density at radius 2 is 2.10 bits per heavy atom. The van der Waals surface area contributed by atoms with Crippen LogP contribution in [0.4, 0.5) is 0 Å². The number of aryl methyl sites for hydroxylation is 1. The molecule has 0 aliphatic rings. The van der Waals surface area contributed by atoms with E-state index in [9.17, 15) is 4.79 Å². The van der Waals surface area contributed by atoms with Crippen LogP contribution in [0.25, 0.3) is 0 Å². The van der Waals surface area contributed by atoms with Crippen LogP contribution >= 0.6 is 0 Å². The molecule has 5 nitrogen and oxygen atoms in total. The van der Waals surface area contributed by atoms with Crippen LogP contribution in [0.1, 0.15) is 23.9 Å². The molecule has 0 N–H and O–H groups in total. The Hall–Kier alpha value is -2.17. The summed E-state index contributed by atoms with van der Waals surface area (Å²) in [4.78, 5) is 18.0. The van der Waals surface area contributed by atoms with E-state index in [0.717, 1.165) is 12.2 Å². The lowest BCUT2D eigenvalue weighted by Crippen LogP contribution is -2.34. The topological polar surface area (TPSA) is 59.2 Å². The molecule has 0 bridgehead atoms. The van der Waals surface area contributed by atoms with Crippen LogP contribution in [-0.2, 0) is 17.6 Å². The van der Waals surface area contributed by atoms with Gasteiger partial charge in [0.15, 0.2) is 0 Å². The Bertz CT molecular complexity index is 551. The van der Waals surface area contributed by atoms with Gasteiger partial charge in [-0.1, -0.05) is 5.16 Å². The van der Waals surface area contributed by atoms with Crippen molar-refractivity contribution in [1.29, 1.82) is 0 Å². The molecule has 5 heteroatoms. The lowest BCUT2D eigenvalue weighted by Gasteiger charge is -2.20. The predicted molar refractivity (Wildman–Crippen MR) is 75.1 cm³/mol. The summed E-state index contributed by atoms with van der Waals surface area (Å²) in [6.07, 6.45) is 4.67. The van der Waals surface area contributed by atoms with Crippen molar-refractivity contribution >= 4 is 5.91 Å². The van der Waals surface area contributed by atoms with Gasteiger partial charge in [0, 0.05) is 31.5 Å². The molecule has 0 unspecified atom stereocenters. The fourth-order valence-electron chi connectivity index (χ4n) is 2.04. The van der Waals surface area contributed by atoms with Gasteiger partial charge < -0.3 is 9.42 Å². The van der Waals surface area contributed by atoms with Crippen molar-refractivity contribution in [2.24, 2.45) is 0 Å². The number of pyridine rings is 1. The van der Waals surface area contributed by atoms with Crippen molar-refractivity contribution in [3.05, 3.63) is 47.6 Å². The van der Waals surface area contributed by atoms with E-state index in [4.69, 9.17) is 4.52 Å². The predicted octanol–water partition coefficient (Wildman–Crippen LogP) is 2.01. The first kappa shape index (κ1) is 14.2. The summed E-state index contributed by atoms with van der Waals surface area (Å²) in [5, 5.41) is 3.86. The molecule has 2 aromatic rings. The standard InChI is InChI=1S/C15H19N3O2/c1-3-18(9-6-13-4-7-16-8-5-13)15(19)11-14-10-12(2)20-17-14/h4-5,7-8,10H,3,6,9,11H2,1-2H3. The monoisotopic (exact) mass is 273 g/mol. The minimum absolute atomic E-state index is 0.0786. The van der Waals surface area contributed by atoms with Gasteiger partial charge in [0.1, 0.15) is 5.76 Å². The zero-order valence-electron chi connectivity index (χ0n) is 11.9. The van der Waals surface area contributed by atoms with Gasteiger partial charge in [0.05, 0.1) is 12.1 Å². The molecule has 106 valence electrons. The minimum atomic E-state index is 0.0786. The number of hydrogen-bond donors (Lipinski definition) is 0. The molecule has 0 aliphatic heterocycles. The minimum Gasteiger partial charge on any atom is -0.361 e.